The summed E-state index contributed by atoms with van der Waals surface area (Å²) in [6.07, 6.45) is 14.2. The van der Waals surface area contributed by atoms with Gasteiger partial charge < -0.3 is 30.3 Å². The van der Waals surface area contributed by atoms with Gasteiger partial charge in [-0.1, -0.05) is 48.5 Å². The van der Waals surface area contributed by atoms with Gasteiger partial charge in [-0.2, -0.15) is 0 Å². The SMILES string of the molecule is CCN(CC)C(=O)c1ccc(C2=CC3(CCCNCC3)Cc3ccccc32)cn1.CCN(CC)C(=O)c1ccc(C2=CC3(CCCNCC3)Oc3ccc(O)cc32)cc1. The lowest BCUT2D eigenvalue weighted by Gasteiger charge is -2.36. The molecule has 0 saturated carbocycles. The first-order chi connectivity index (χ1) is 28.7. The standard InChI is InChI=1S/C25H31N3O.C25H30N2O3/c1-3-28(4-2)24(29)23-11-10-20(18-27-23)22-17-25(12-7-14-26-15-13-25)16-19-8-5-6-9-21(19)22;1-3-27(4-2)24(29)19-8-6-18(7-9-19)22-17-25(12-5-14-26-15-13-25)30-23-11-10-20(28)16-21(22)23/h5-6,8-11,17-18,26H,3-4,7,12-16H2,1-2H3;6-11,16-17,26,28H,3-5,12-15H2,1-2H3. The maximum Gasteiger partial charge on any atom is 0.272 e. The van der Waals surface area contributed by atoms with E-state index in [9.17, 15) is 14.7 Å². The number of carbonyl (C=O) groups is 2. The van der Waals surface area contributed by atoms with Gasteiger partial charge in [0.05, 0.1) is 0 Å². The second-order valence-electron chi connectivity index (χ2n) is 16.3. The van der Waals surface area contributed by atoms with E-state index in [1.807, 2.05) is 80.1 Å². The molecule has 4 aromatic rings. The van der Waals surface area contributed by atoms with Crippen molar-refractivity contribution < 1.29 is 19.4 Å². The van der Waals surface area contributed by atoms with Gasteiger partial charge in [0, 0.05) is 55.5 Å². The molecule has 4 heterocycles. The number of nitrogens with zero attached hydrogens (tertiary/aromatic N) is 3. The van der Waals surface area contributed by atoms with Crippen molar-refractivity contribution in [2.45, 2.75) is 78.2 Å². The molecule has 1 aliphatic carbocycles. The molecule has 0 bridgehead atoms. The quantitative estimate of drug-likeness (QED) is 0.164. The lowest BCUT2D eigenvalue weighted by Crippen LogP contribution is -2.37. The number of nitrogens with one attached hydrogen (secondary N) is 2. The monoisotopic (exact) mass is 795 g/mol. The summed E-state index contributed by atoms with van der Waals surface area (Å²) in [5.74, 6) is 1.08. The summed E-state index contributed by atoms with van der Waals surface area (Å²) in [5.41, 5.74) is 9.15. The van der Waals surface area contributed by atoms with E-state index in [-0.39, 0.29) is 28.6 Å². The van der Waals surface area contributed by atoms with Gasteiger partial charge >= 0.3 is 0 Å². The summed E-state index contributed by atoms with van der Waals surface area (Å²) >= 11 is 0. The number of carbonyl (C=O) groups excluding carboxylic acids is 2. The summed E-state index contributed by atoms with van der Waals surface area (Å²) in [4.78, 5) is 33.5. The molecular weight excluding hydrogens is 735 g/mol. The van der Waals surface area contributed by atoms with E-state index in [0.717, 1.165) is 86.3 Å². The largest absolute Gasteiger partial charge is 0.508 e. The van der Waals surface area contributed by atoms with Crippen LogP contribution in [-0.4, -0.2) is 89.7 Å². The highest BCUT2D eigenvalue weighted by atomic mass is 16.5. The van der Waals surface area contributed by atoms with Crippen LogP contribution >= 0.6 is 0 Å². The molecule has 9 heteroatoms. The zero-order chi connectivity index (χ0) is 41.4. The van der Waals surface area contributed by atoms with Crippen molar-refractivity contribution in [3.63, 3.8) is 0 Å². The number of pyridine rings is 1. The van der Waals surface area contributed by atoms with Crippen LogP contribution in [0.1, 0.15) is 115 Å². The van der Waals surface area contributed by atoms with Crippen LogP contribution in [0.4, 0.5) is 0 Å². The van der Waals surface area contributed by atoms with Crippen LogP contribution < -0.4 is 15.4 Å². The number of rotatable bonds is 8. The summed E-state index contributed by atoms with van der Waals surface area (Å²) in [6.45, 7) is 14.9. The molecule has 4 aliphatic rings. The Morgan fingerprint density at radius 1 is 0.695 bits per heavy atom. The van der Waals surface area contributed by atoms with Crippen LogP contribution in [0, 0.1) is 5.41 Å². The smallest absolute Gasteiger partial charge is 0.272 e. The minimum atomic E-state index is -0.349. The first-order valence-corrected chi connectivity index (χ1v) is 21.8. The van der Waals surface area contributed by atoms with Crippen molar-refractivity contribution in [1.29, 1.82) is 0 Å². The van der Waals surface area contributed by atoms with Crippen LogP contribution in [-0.2, 0) is 6.42 Å². The van der Waals surface area contributed by atoms with Gasteiger partial charge in [0.2, 0.25) is 0 Å². The summed E-state index contributed by atoms with van der Waals surface area (Å²) in [6, 6.07) is 25.8. The first kappa shape index (κ1) is 41.9. The Hall–Kier alpha value is -5.25. The third kappa shape index (κ3) is 9.32. The van der Waals surface area contributed by atoms with E-state index in [1.54, 1.807) is 12.1 Å². The Morgan fingerprint density at radius 2 is 1.36 bits per heavy atom. The maximum absolute atomic E-state index is 12.7. The van der Waals surface area contributed by atoms with Gasteiger partial charge in [-0.25, -0.2) is 0 Å². The number of amides is 2. The Labute approximate surface area is 350 Å². The molecule has 59 heavy (non-hydrogen) atoms. The Balaban J connectivity index is 0.000000179. The molecule has 2 saturated heterocycles. The van der Waals surface area contributed by atoms with Crippen molar-refractivity contribution in [3.8, 4) is 11.5 Å². The fourth-order valence-electron chi connectivity index (χ4n) is 9.26. The zero-order valence-electron chi connectivity index (χ0n) is 35.4. The number of fused-ring (bicyclic) bond motifs is 2. The van der Waals surface area contributed by atoms with Crippen molar-refractivity contribution in [2.24, 2.45) is 5.41 Å². The van der Waals surface area contributed by atoms with Crippen LogP contribution in [0.25, 0.3) is 11.1 Å². The number of phenols is 1. The van der Waals surface area contributed by atoms with Crippen LogP contribution in [0.3, 0.4) is 0 Å². The molecule has 9 nitrogen and oxygen atoms in total. The zero-order valence-corrected chi connectivity index (χ0v) is 35.4. The van der Waals surface area contributed by atoms with E-state index in [2.05, 4.69) is 58.1 Å². The van der Waals surface area contributed by atoms with Crippen LogP contribution in [0.15, 0.2) is 97.2 Å². The molecule has 2 unspecified atom stereocenters. The molecule has 3 N–H and O–H groups in total. The highest BCUT2D eigenvalue weighted by molar-refractivity contribution is 5.95. The van der Waals surface area contributed by atoms with Gasteiger partial charge in [-0.05, 0) is 168 Å². The molecule has 3 aliphatic heterocycles. The fourth-order valence-corrected chi connectivity index (χ4v) is 9.26. The molecule has 2 amide bonds. The van der Waals surface area contributed by atoms with Gasteiger partial charge in [-0.3, -0.25) is 14.6 Å². The highest BCUT2D eigenvalue weighted by Crippen LogP contribution is 2.46. The lowest BCUT2D eigenvalue weighted by atomic mass is 9.68. The van der Waals surface area contributed by atoms with Crippen molar-refractivity contribution in [3.05, 3.63) is 136 Å². The van der Waals surface area contributed by atoms with E-state index in [1.165, 1.54) is 29.5 Å². The van der Waals surface area contributed by atoms with E-state index < -0.39 is 0 Å². The Bertz CT molecular complexity index is 2130. The molecule has 8 rings (SSSR count). The van der Waals surface area contributed by atoms with Crippen molar-refractivity contribution in [1.82, 2.24) is 25.4 Å². The molecule has 1 aromatic heterocycles. The first-order valence-electron chi connectivity index (χ1n) is 21.8. The predicted octanol–water partition coefficient (Wildman–Crippen LogP) is 8.52. The number of hydrogen-bond donors (Lipinski definition) is 3. The number of ether oxygens (including phenoxy) is 1. The molecule has 0 radical (unpaired) electrons. The third-order valence-electron chi connectivity index (χ3n) is 12.6. The molecule has 310 valence electrons. The molecule has 2 spiro atoms. The van der Waals surface area contributed by atoms with Crippen molar-refractivity contribution >= 4 is 23.0 Å². The molecule has 3 aromatic carbocycles. The summed E-state index contributed by atoms with van der Waals surface area (Å²) < 4.78 is 6.48. The second-order valence-corrected chi connectivity index (χ2v) is 16.3. The number of phenolic OH excluding ortho intramolecular Hbond substituents is 1. The van der Waals surface area contributed by atoms with E-state index in [0.29, 0.717) is 37.4 Å². The normalized spacial score (nSPS) is 20.9. The highest BCUT2D eigenvalue weighted by Gasteiger charge is 2.37. The predicted molar refractivity (Wildman–Crippen MR) is 237 cm³/mol. The van der Waals surface area contributed by atoms with Crippen LogP contribution in [0.2, 0.25) is 0 Å². The number of aromatic nitrogens is 1. The molecule has 2 atom stereocenters. The lowest BCUT2D eigenvalue weighted by molar-refractivity contribution is 0.0761. The molecular formula is C50H61N5O4. The van der Waals surface area contributed by atoms with Crippen LogP contribution in [0.5, 0.6) is 11.5 Å². The number of hydrogen-bond acceptors (Lipinski definition) is 7. The number of aromatic hydroxyl groups is 1. The van der Waals surface area contributed by atoms with Gasteiger partial charge in [0.25, 0.3) is 11.8 Å². The minimum Gasteiger partial charge on any atom is -0.508 e. The Morgan fingerprint density at radius 3 is 2.07 bits per heavy atom. The summed E-state index contributed by atoms with van der Waals surface area (Å²) in [5, 5.41) is 17.1. The van der Waals surface area contributed by atoms with Crippen molar-refractivity contribution in [2.75, 3.05) is 52.4 Å². The average molecular weight is 796 g/mol. The van der Waals surface area contributed by atoms with Gasteiger partial charge in [-0.15, -0.1) is 0 Å². The minimum absolute atomic E-state index is 0.00545. The summed E-state index contributed by atoms with van der Waals surface area (Å²) in [7, 11) is 0. The van der Waals surface area contributed by atoms with Gasteiger partial charge in [0.1, 0.15) is 22.8 Å². The average Bonchev–Trinajstić information content (AvgIpc) is 3.64. The second kappa shape index (κ2) is 18.8. The maximum atomic E-state index is 12.7. The fraction of sp³-hybridized carbons (Fsp3) is 0.420. The third-order valence-corrected chi connectivity index (χ3v) is 12.6. The Kier molecular flexibility index (Phi) is 13.3. The number of allylic oxidation sites excluding steroid dienone is 1. The number of benzene rings is 3. The van der Waals surface area contributed by atoms with E-state index >= 15 is 0 Å². The van der Waals surface area contributed by atoms with E-state index in [4.69, 9.17) is 4.74 Å². The molecule has 2 fully saturated rings. The van der Waals surface area contributed by atoms with Gasteiger partial charge in [0.15, 0.2) is 0 Å². The topological polar surface area (TPSA) is 107 Å².